The first-order valence-corrected chi connectivity index (χ1v) is 6.22. The Balaban J connectivity index is 1.93. The average Bonchev–Trinajstić information content (AvgIpc) is 2.28. The predicted octanol–water partition coefficient (Wildman–Crippen LogP) is 1.81. The molecule has 86 valence electrons. The SMILES string of the molecule is N=C1C=CC2CN=C3CCCC(O)C3C2C1. The van der Waals surface area contributed by atoms with Crippen molar-refractivity contribution in [2.75, 3.05) is 6.54 Å². The number of rotatable bonds is 0. The number of hydrogen-bond donors (Lipinski definition) is 2. The first kappa shape index (κ1) is 10.2. The highest BCUT2D eigenvalue weighted by Gasteiger charge is 2.42. The largest absolute Gasteiger partial charge is 0.392 e. The fraction of sp³-hybridized carbons (Fsp3) is 0.692. The molecule has 0 aromatic carbocycles. The van der Waals surface area contributed by atoms with Gasteiger partial charge in [0.15, 0.2) is 0 Å². The second-order valence-electron chi connectivity index (χ2n) is 5.23. The maximum absolute atomic E-state index is 10.2. The van der Waals surface area contributed by atoms with E-state index in [1.54, 1.807) is 0 Å². The lowest BCUT2D eigenvalue weighted by Crippen LogP contribution is -2.46. The molecule has 1 saturated carbocycles. The van der Waals surface area contributed by atoms with Gasteiger partial charge in [-0.3, -0.25) is 4.99 Å². The maximum Gasteiger partial charge on any atom is 0.0623 e. The van der Waals surface area contributed by atoms with Crippen LogP contribution in [0.3, 0.4) is 0 Å². The number of allylic oxidation sites excluding steroid dienone is 1. The van der Waals surface area contributed by atoms with Gasteiger partial charge in [0, 0.05) is 29.8 Å². The van der Waals surface area contributed by atoms with E-state index in [2.05, 4.69) is 11.1 Å². The van der Waals surface area contributed by atoms with Crippen LogP contribution in [-0.2, 0) is 0 Å². The fourth-order valence-electron chi connectivity index (χ4n) is 3.45. The van der Waals surface area contributed by atoms with Crippen LogP contribution in [0.1, 0.15) is 25.7 Å². The average molecular weight is 218 g/mol. The van der Waals surface area contributed by atoms with Gasteiger partial charge in [-0.1, -0.05) is 6.08 Å². The lowest BCUT2D eigenvalue weighted by atomic mass is 9.66. The van der Waals surface area contributed by atoms with Crippen LogP contribution in [0.2, 0.25) is 0 Å². The van der Waals surface area contributed by atoms with Crippen molar-refractivity contribution >= 4 is 11.4 Å². The van der Waals surface area contributed by atoms with E-state index in [0.717, 1.165) is 32.2 Å². The van der Waals surface area contributed by atoms with Gasteiger partial charge in [0.05, 0.1) is 6.10 Å². The number of hydrogen-bond acceptors (Lipinski definition) is 3. The van der Waals surface area contributed by atoms with E-state index < -0.39 is 0 Å². The third-order valence-electron chi connectivity index (χ3n) is 4.25. The smallest absolute Gasteiger partial charge is 0.0623 e. The Morgan fingerprint density at radius 2 is 2.31 bits per heavy atom. The molecule has 2 N–H and O–H groups in total. The zero-order chi connectivity index (χ0) is 11.1. The molecule has 0 radical (unpaired) electrons. The number of aliphatic imine (C=N–C) groups is 1. The van der Waals surface area contributed by atoms with E-state index in [1.165, 1.54) is 5.71 Å². The van der Waals surface area contributed by atoms with Gasteiger partial charge in [-0.15, -0.1) is 0 Å². The van der Waals surface area contributed by atoms with Gasteiger partial charge in [-0.25, -0.2) is 0 Å². The Kier molecular flexibility index (Phi) is 2.43. The first-order valence-electron chi connectivity index (χ1n) is 6.22. The molecule has 4 unspecified atom stereocenters. The first-order chi connectivity index (χ1) is 7.75. The van der Waals surface area contributed by atoms with Crippen LogP contribution < -0.4 is 0 Å². The van der Waals surface area contributed by atoms with Gasteiger partial charge in [0.1, 0.15) is 0 Å². The number of aliphatic hydroxyl groups excluding tert-OH is 1. The Labute approximate surface area is 95.8 Å². The van der Waals surface area contributed by atoms with Crippen molar-refractivity contribution in [3.8, 4) is 0 Å². The third-order valence-corrected chi connectivity index (χ3v) is 4.25. The van der Waals surface area contributed by atoms with Crippen LogP contribution in [0.15, 0.2) is 17.1 Å². The summed E-state index contributed by atoms with van der Waals surface area (Å²) >= 11 is 0. The monoisotopic (exact) mass is 218 g/mol. The molecule has 1 aliphatic heterocycles. The molecular formula is C13H18N2O. The summed E-state index contributed by atoms with van der Waals surface area (Å²) in [6.07, 6.45) is 7.67. The van der Waals surface area contributed by atoms with E-state index in [0.29, 0.717) is 17.5 Å². The highest BCUT2D eigenvalue weighted by atomic mass is 16.3. The van der Waals surface area contributed by atoms with Gasteiger partial charge >= 0.3 is 0 Å². The van der Waals surface area contributed by atoms with Crippen LogP contribution in [0.5, 0.6) is 0 Å². The maximum atomic E-state index is 10.2. The highest BCUT2D eigenvalue weighted by Crippen LogP contribution is 2.40. The van der Waals surface area contributed by atoms with Crippen molar-refractivity contribution in [2.45, 2.75) is 31.8 Å². The Hall–Kier alpha value is -0.960. The molecule has 1 heterocycles. The van der Waals surface area contributed by atoms with Crippen molar-refractivity contribution < 1.29 is 5.11 Å². The number of fused-ring (bicyclic) bond motifs is 3. The number of nitrogens with zero attached hydrogens (tertiary/aromatic N) is 1. The second kappa shape index (κ2) is 3.81. The summed E-state index contributed by atoms with van der Waals surface area (Å²) in [6, 6.07) is 0. The van der Waals surface area contributed by atoms with Crippen LogP contribution >= 0.6 is 0 Å². The minimum Gasteiger partial charge on any atom is -0.392 e. The van der Waals surface area contributed by atoms with Crippen LogP contribution in [0, 0.1) is 23.2 Å². The van der Waals surface area contributed by atoms with Gasteiger partial charge in [0.25, 0.3) is 0 Å². The summed E-state index contributed by atoms with van der Waals surface area (Å²) < 4.78 is 0. The van der Waals surface area contributed by atoms with Gasteiger partial charge < -0.3 is 10.5 Å². The van der Waals surface area contributed by atoms with Crippen molar-refractivity contribution in [3.05, 3.63) is 12.2 Å². The van der Waals surface area contributed by atoms with Gasteiger partial charge in [-0.05, 0) is 37.7 Å². The Morgan fingerprint density at radius 1 is 1.44 bits per heavy atom. The summed E-state index contributed by atoms with van der Waals surface area (Å²) in [7, 11) is 0. The standard InChI is InChI=1S/C13H18N2O/c14-9-5-4-8-7-15-11-2-1-3-12(16)13(11)10(8)6-9/h4-5,8,10,12-14,16H,1-3,6-7H2. The molecule has 0 saturated heterocycles. The number of nitrogens with one attached hydrogen (secondary N) is 1. The number of aliphatic hydroxyl groups is 1. The molecule has 0 aromatic rings. The van der Waals surface area contributed by atoms with Gasteiger partial charge in [0.2, 0.25) is 0 Å². The molecule has 3 heteroatoms. The fourth-order valence-corrected chi connectivity index (χ4v) is 3.45. The lowest BCUT2D eigenvalue weighted by molar-refractivity contribution is 0.0736. The van der Waals surface area contributed by atoms with E-state index in [9.17, 15) is 5.11 Å². The van der Waals surface area contributed by atoms with Crippen LogP contribution in [-0.4, -0.2) is 29.2 Å². The molecule has 16 heavy (non-hydrogen) atoms. The molecule has 3 aliphatic rings. The molecule has 3 nitrogen and oxygen atoms in total. The van der Waals surface area contributed by atoms with E-state index in [1.807, 2.05) is 6.08 Å². The van der Waals surface area contributed by atoms with Crippen molar-refractivity contribution in [3.63, 3.8) is 0 Å². The zero-order valence-corrected chi connectivity index (χ0v) is 9.39. The highest BCUT2D eigenvalue weighted by molar-refractivity contribution is 5.95. The van der Waals surface area contributed by atoms with Crippen molar-refractivity contribution in [1.82, 2.24) is 0 Å². The quantitative estimate of drug-likeness (QED) is 0.640. The minimum absolute atomic E-state index is 0.223. The zero-order valence-electron chi connectivity index (χ0n) is 9.39. The molecule has 4 atom stereocenters. The summed E-state index contributed by atoms with van der Waals surface area (Å²) in [5.74, 6) is 1.12. The topological polar surface area (TPSA) is 56.4 Å². The lowest BCUT2D eigenvalue weighted by Gasteiger charge is -2.43. The van der Waals surface area contributed by atoms with Gasteiger partial charge in [-0.2, -0.15) is 0 Å². The molecule has 2 aliphatic carbocycles. The Morgan fingerprint density at radius 3 is 3.19 bits per heavy atom. The van der Waals surface area contributed by atoms with Crippen molar-refractivity contribution in [2.24, 2.45) is 22.7 Å². The normalized spacial score (nSPS) is 42.3. The van der Waals surface area contributed by atoms with Crippen molar-refractivity contribution in [1.29, 1.82) is 5.41 Å². The van der Waals surface area contributed by atoms with Crippen LogP contribution in [0.25, 0.3) is 0 Å². The molecule has 0 bridgehead atoms. The Bertz CT molecular complexity index is 372. The van der Waals surface area contributed by atoms with E-state index >= 15 is 0 Å². The van der Waals surface area contributed by atoms with E-state index in [4.69, 9.17) is 5.41 Å². The molecule has 0 amide bonds. The van der Waals surface area contributed by atoms with Crippen LogP contribution in [0.4, 0.5) is 0 Å². The predicted molar refractivity (Wildman–Crippen MR) is 64.1 cm³/mol. The molecular weight excluding hydrogens is 200 g/mol. The third kappa shape index (κ3) is 1.54. The summed E-state index contributed by atoms with van der Waals surface area (Å²) in [5, 5.41) is 17.9. The summed E-state index contributed by atoms with van der Waals surface area (Å²) in [5.41, 5.74) is 1.93. The minimum atomic E-state index is -0.223. The molecule has 0 aromatic heterocycles. The molecule has 0 spiro atoms. The van der Waals surface area contributed by atoms with E-state index in [-0.39, 0.29) is 12.0 Å². The summed E-state index contributed by atoms with van der Waals surface area (Å²) in [6.45, 7) is 0.868. The molecule has 3 rings (SSSR count). The summed E-state index contributed by atoms with van der Waals surface area (Å²) in [4.78, 5) is 4.65. The molecule has 1 fully saturated rings. The second-order valence-corrected chi connectivity index (χ2v) is 5.23.